The van der Waals surface area contributed by atoms with Gasteiger partial charge in [-0.1, -0.05) is 17.5 Å². The molecule has 0 aliphatic heterocycles. The molecule has 1 N–H and O–H groups in total. The van der Waals surface area contributed by atoms with Gasteiger partial charge in [-0.2, -0.15) is 0 Å². The molecule has 2 heteroatoms. The lowest BCUT2D eigenvalue weighted by Gasteiger charge is -2.05. The van der Waals surface area contributed by atoms with E-state index in [0.29, 0.717) is 6.54 Å². The summed E-state index contributed by atoms with van der Waals surface area (Å²) in [6.07, 6.45) is 5.12. The van der Waals surface area contributed by atoms with E-state index in [2.05, 4.69) is 11.2 Å². The van der Waals surface area contributed by atoms with Gasteiger partial charge in [-0.05, 0) is 30.7 Å². The van der Waals surface area contributed by atoms with Crippen LogP contribution in [0.5, 0.6) is 0 Å². The molecule has 0 saturated heterocycles. The average Bonchev–Trinajstić information content (AvgIpc) is 2.03. The summed E-state index contributed by atoms with van der Waals surface area (Å²) < 4.78 is 0. The van der Waals surface area contributed by atoms with E-state index < -0.39 is 0 Å². The van der Waals surface area contributed by atoms with Gasteiger partial charge in [0.2, 0.25) is 0 Å². The van der Waals surface area contributed by atoms with Crippen LogP contribution in [-0.4, -0.2) is 6.54 Å². The molecule has 1 nitrogen and oxygen atoms in total. The third kappa shape index (κ3) is 2.18. The molecule has 0 fully saturated rings. The molecule has 1 aromatic rings. The van der Waals surface area contributed by atoms with Gasteiger partial charge < -0.3 is 5.32 Å². The molecule has 1 aromatic carbocycles. The second kappa shape index (κ2) is 4.04. The zero-order valence-electron chi connectivity index (χ0n) is 6.89. The summed E-state index contributed by atoms with van der Waals surface area (Å²) in [5.41, 5.74) is 2.15. The first kappa shape index (κ1) is 8.96. The highest BCUT2D eigenvalue weighted by molar-refractivity contribution is 6.30. The molecular formula is C10H10ClN. The van der Waals surface area contributed by atoms with E-state index >= 15 is 0 Å². The molecule has 0 saturated carbocycles. The molecule has 1 rings (SSSR count). The standard InChI is InChI=1S/C10H10ClN/c1-3-6-12-10-5-4-9(11)7-8(10)2/h1,4-5,7,12H,6H2,2H3. The number of anilines is 1. The SMILES string of the molecule is C#CCNc1ccc(Cl)cc1C. The van der Waals surface area contributed by atoms with Crippen molar-refractivity contribution in [1.82, 2.24) is 0 Å². The van der Waals surface area contributed by atoms with Gasteiger partial charge in [-0.25, -0.2) is 0 Å². The summed E-state index contributed by atoms with van der Waals surface area (Å²) in [7, 11) is 0. The Hall–Kier alpha value is -1.13. The highest BCUT2D eigenvalue weighted by Crippen LogP contribution is 2.18. The van der Waals surface area contributed by atoms with Crippen LogP contribution >= 0.6 is 11.6 Å². The summed E-state index contributed by atoms with van der Waals surface area (Å²) in [6.45, 7) is 2.53. The third-order valence-corrected chi connectivity index (χ3v) is 1.80. The molecule has 0 bridgehead atoms. The fourth-order valence-electron chi connectivity index (χ4n) is 0.972. The van der Waals surface area contributed by atoms with Crippen LogP contribution in [0.15, 0.2) is 18.2 Å². The fraction of sp³-hybridized carbons (Fsp3) is 0.200. The molecule has 62 valence electrons. The zero-order chi connectivity index (χ0) is 8.97. The van der Waals surface area contributed by atoms with Crippen LogP contribution in [0.3, 0.4) is 0 Å². The summed E-state index contributed by atoms with van der Waals surface area (Å²) in [6, 6.07) is 5.67. The predicted molar refractivity (Wildman–Crippen MR) is 53.5 cm³/mol. The van der Waals surface area contributed by atoms with E-state index in [9.17, 15) is 0 Å². The first-order valence-corrected chi connectivity index (χ1v) is 4.05. The van der Waals surface area contributed by atoms with E-state index in [1.807, 2.05) is 25.1 Å². The minimum absolute atomic E-state index is 0.544. The van der Waals surface area contributed by atoms with Gasteiger partial charge in [-0.3, -0.25) is 0 Å². The quantitative estimate of drug-likeness (QED) is 0.689. The number of rotatable bonds is 2. The second-order valence-electron chi connectivity index (χ2n) is 2.52. The second-order valence-corrected chi connectivity index (χ2v) is 2.95. The molecule has 0 amide bonds. The van der Waals surface area contributed by atoms with E-state index in [4.69, 9.17) is 18.0 Å². The summed E-state index contributed by atoms with van der Waals surface area (Å²) in [5.74, 6) is 2.51. The maximum absolute atomic E-state index is 5.78. The fourth-order valence-corrected chi connectivity index (χ4v) is 1.20. The monoisotopic (exact) mass is 179 g/mol. The molecule has 0 unspecified atom stereocenters. The first-order chi connectivity index (χ1) is 5.74. The minimum atomic E-state index is 0.544. The topological polar surface area (TPSA) is 12.0 Å². The Morgan fingerprint density at radius 1 is 1.58 bits per heavy atom. The summed E-state index contributed by atoms with van der Waals surface area (Å²) >= 11 is 5.78. The maximum Gasteiger partial charge on any atom is 0.0763 e. The van der Waals surface area contributed by atoms with Crippen molar-refractivity contribution in [3.8, 4) is 12.3 Å². The smallest absolute Gasteiger partial charge is 0.0763 e. The lowest BCUT2D eigenvalue weighted by molar-refractivity contribution is 1.33. The molecule has 0 aliphatic carbocycles. The van der Waals surface area contributed by atoms with Crippen molar-refractivity contribution in [1.29, 1.82) is 0 Å². The van der Waals surface area contributed by atoms with Crippen LogP contribution in [0.25, 0.3) is 0 Å². The van der Waals surface area contributed by atoms with Gasteiger partial charge in [0.15, 0.2) is 0 Å². The first-order valence-electron chi connectivity index (χ1n) is 3.67. The van der Waals surface area contributed by atoms with Gasteiger partial charge >= 0.3 is 0 Å². The molecule has 0 radical (unpaired) electrons. The van der Waals surface area contributed by atoms with Crippen LogP contribution in [0, 0.1) is 19.3 Å². The van der Waals surface area contributed by atoms with Crippen molar-refractivity contribution in [3.05, 3.63) is 28.8 Å². The Kier molecular flexibility index (Phi) is 3.01. The van der Waals surface area contributed by atoms with Gasteiger partial charge in [0.25, 0.3) is 0 Å². The van der Waals surface area contributed by atoms with Crippen molar-refractivity contribution in [2.45, 2.75) is 6.92 Å². The van der Waals surface area contributed by atoms with Gasteiger partial charge in [0, 0.05) is 10.7 Å². The van der Waals surface area contributed by atoms with Crippen molar-refractivity contribution < 1.29 is 0 Å². The number of hydrogen-bond donors (Lipinski definition) is 1. The lowest BCUT2D eigenvalue weighted by Crippen LogP contribution is -1.99. The maximum atomic E-state index is 5.78. The van der Waals surface area contributed by atoms with E-state index in [0.717, 1.165) is 16.3 Å². The number of halogens is 1. The summed E-state index contributed by atoms with van der Waals surface area (Å²) in [5, 5.41) is 3.84. The molecule has 0 atom stereocenters. The third-order valence-electron chi connectivity index (χ3n) is 1.57. The number of terminal acetylenes is 1. The van der Waals surface area contributed by atoms with Crippen LogP contribution < -0.4 is 5.32 Å². The van der Waals surface area contributed by atoms with E-state index in [-0.39, 0.29) is 0 Å². The molecule has 0 spiro atoms. The number of nitrogens with one attached hydrogen (secondary N) is 1. The Morgan fingerprint density at radius 2 is 2.33 bits per heavy atom. The number of hydrogen-bond acceptors (Lipinski definition) is 1. The average molecular weight is 180 g/mol. The zero-order valence-corrected chi connectivity index (χ0v) is 7.65. The Balaban J connectivity index is 2.81. The lowest BCUT2D eigenvalue weighted by atomic mass is 10.2. The predicted octanol–water partition coefficient (Wildman–Crippen LogP) is 2.69. The minimum Gasteiger partial charge on any atom is -0.374 e. The number of benzene rings is 1. The van der Waals surface area contributed by atoms with Crippen LogP contribution in [-0.2, 0) is 0 Å². The van der Waals surface area contributed by atoms with Crippen molar-refractivity contribution >= 4 is 17.3 Å². The van der Waals surface area contributed by atoms with E-state index in [1.54, 1.807) is 0 Å². The van der Waals surface area contributed by atoms with Crippen LogP contribution in [0.4, 0.5) is 5.69 Å². The van der Waals surface area contributed by atoms with E-state index in [1.165, 1.54) is 0 Å². The van der Waals surface area contributed by atoms with Crippen LogP contribution in [0.2, 0.25) is 5.02 Å². The van der Waals surface area contributed by atoms with Crippen molar-refractivity contribution in [2.75, 3.05) is 11.9 Å². The molecule has 0 aromatic heterocycles. The molecular weight excluding hydrogens is 170 g/mol. The largest absolute Gasteiger partial charge is 0.374 e. The summed E-state index contributed by atoms with van der Waals surface area (Å²) in [4.78, 5) is 0. The van der Waals surface area contributed by atoms with Gasteiger partial charge in [-0.15, -0.1) is 6.42 Å². The van der Waals surface area contributed by atoms with Gasteiger partial charge in [0.05, 0.1) is 6.54 Å². The number of aryl methyl sites for hydroxylation is 1. The molecule has 12 heavy (non-hydrogen) atoms. The van der Waals surface area contributed by atoms with Crippen molar-refractivity contribution in [2.24, 2.45) is 0 Å². The Bertz CT molecular complexity index is 312. The van der Waals surface area contributed by atoms with Crippen LogP contribution in [0.1, 0.15) is 5.56 Å². The Morgan fingerprint density at radius 3 is 2.92 bits per heavy atom. The highest BCUT2D eigenvalue weighted by Gasteiger charge is 1.96. The molecule has 0 aliphatic rings. The van der Waals surface area contributed by atoms with Crippen molar-refractivity contribution in [3.63, 3.8) is 0 Å². The van der Waals surface area contributed by atoms with Gasteiger partial charge in [0.1, 0.15) is 0 Å². The molecule has 0 heterocycles. The highest BCUT2D eigenvalue weighted by atomic mass is 35.5. The normalized spacial score (nSPS) is 9.08. The Labute approximate surface area is 77.7 Å².